The van der Waals surface area contributed by atoms with E-state index >= 15 is 0 Å². The van der Waals surface area contributed by atoms with Crippen LogP contribution in [0.25, 0.3) is 0 Å². The molecule has 0 aromatic heterocycles. The van der Waals surface area contributed by atoms with Gasteiger partial charge in [-0.25, -0.2) is 0 Å². The predicted octanol–water partition coefficient (Wildman–Crippen LogP) is 3.76. The minimum atomic E-state index is -0.538. The third kappa shape index (κ3) is 6.90. The second-order valence-corrected chi connectivity index (χ2v) is 7.19. The highest BCUT2D eigenvalue weighted by molar-refractivity contribution is 5.96. The normalized spacial score (nSPS) is 10.2. The molecular formula is C26H27NO7. The minimum absolute atomic E-state index is 0.229. The fourth-order valence-electron chi connectivity index (χ4n) is 2.97. The molecule has 1 N–H and O–H groups in total. The summed E-state index contributed by atoms with van der Waals surface area (Å²) in [5.41, 5.74) is 2.19. The van der Waals surface area contributed by atoms with Gasteiger partial charge in [-0.2, -0.15) is 0 Å². The molecule has 0 fully saturated rings. The van der Waals surface area contributed by atoms with Crippen LogP contribution in [0.1, 0.15) is 21.5 Å². The van der Waals surface area contributed by atoms with Gasteiger partial charge in [0.25, 0.3) is 5.91 Å². The van der Waals surface area contributed by atoms with Gasteiger partial charge in [-0.15, -0.1) is 0 Å². The number of carbonyl (C=O) groups is 2. The molecule has 0 bridgehead atoms. The fraction of sp³-hybridized carbons (Fsp3) is 0.231. The van der Waals surface area contributed by atoms with Crippen LogP contribution in [0.5, 0.6) is 23.0 Å². The number of hydrogen-bond acceptors (Lipinski definition) is 7. The summed E-state index contributed by atoms with van der Waals surface area (Å²) in [7, 11) is 4.48. The highest BCUT2D eigenvalue weighted by Gasteiger charge is 2.14. The van der Waals surface area contributed by atoms with Crippen LogP contribution in [0.3, 0.4) is 0 Å². The van der Waals surface area contributed by atoms with E-state index in [1.807, 2.05) is 48.5 Å². The summed E-state index contributed by atoms with van der Waals surface area (Å²) in [5, 5.41) is 2.52. The summed E-state index contributed by atoms with van der Waals surface area (Å²) in [6.07, 6.45) is 0. The molecule has 178 valence electrons. The van der Waals surface area contributed by atoms with E-state index in [0.29, 0.717) is 23.7 Å². The van der Waals surface area contributed by atoms with Crippen molar-refractivity contribution >= 4 is 11.9 Å². The molecule has 3 aromatic carbocycles. The largest absolute Gasteiger partial charge is 0.497 e. The molecule has 0 saturated heterocycles. The molecule has 0 atom stereocenters. The standard InChI is InChI=1S/C26H27NO7/c1-30-21-9-4-18(5-10-21)16-33-23-13-8-20(26(29)27-15-25(28)32-3)14-24(23)34-17-19-6-11-22(31-2)12-7-19/h4-14H,15-17H2,1-3H3,(H,27,29). The molecule has 0 unspecified atom stereocenters. The number of ether oxygens (including phenoxy) is 5. The van der Waals surface area contributed by atoms with Crippen molar-refractivity contribution in [2.75, 3.05) is 27.9 Å². The summed E-state index contributed by atoms with van der Waals surface area (Å²) in [5.74, 6) is 1.42. The van der Waals surface area contributed by atoms with Gasteiger partial charge in [0.1, 0.15) is 31.3 Å². The van der Waals surface area contributed by atoms with E-state index in [9.17, 15) is 9.59 Å². The van der Waals surface area contributed by atoms with Gasteiger partial charge >= 0.3 is 5.97 Å². The summed E-state index contributed by atoms with van der Waals surface area (Å²) < 4.78 is 26.9. The number of esters is 1. The van der Waals surface area contributed by atoms with E-state index in [2.05, 4.69) is 10.1 Å². The van der Waals surface area contributed by atoms with Crippen molar-refractivity contribution in [2.24, 2.45) is 0 Å². The fourth-order valence-corrected chi connectivity index (χ4v) is 2.97. The van der Waals surface area contributed by atoms with Gasteiger partial charge in [0.15, 0.2) is 11.5 Å². The Morgan fingerprint density at radius 1 is 0.706 bits per heavy atom. The molecule has 8 nitrogen and oxygen atoms in total. The molecular weight excluding hydrogens is 438 g/mol. The molecule has 0 radical (unpaired) electrons. The van der Waals surface area contributed by atoms with Gasteiger partial charge in [0.05, 0.1) is 21.3 Å². The zero-order valence-corrected chi connectivity index (χ0v) is 19.3. The lowest BCUT2D eigenvalue weighted by atomic mass is 10.1. The maximum atomic E-state index is 12.5. The topological polar surface area (TPSA) is 92.3 Å². The molecule has 3 aromatic rings. The van der Waals surface area contributed by atoms with Crippen LogP contribution in [0.4, 0.5) is 0 Å². The SMILES string of the molecule is COC(=O)CNC(=O)c1ccc(OCc2ccc(OC)cc2)c(OCc2ccc(OC)cc2)c1. The second kappa shape index (κ2) is 12.2. The van der Waals surface area contributed by atoms with Gasteiger partial charge in [-0.05, 0) is 53.6 Å². The Bertz CT molecular complexity index is 1100. The van der Waals surface area contributed by atoms with Gasteiger partial charge in [-0.1, -0.05) is 24.3 Å². The third-order valence-corrected chi connectivity index (χ3v) is 4.93. The first kappa shape index (κ1) is 24.4. The van der Waals surface area contributed by atoms with Crippen molar-refractivity contribution in [1.29, 1.82) is 0 Å². The minimum Gasteiger partial charge on any atom is -0.497 e. The van der Waals surface area contributed by atoms with Crippen LogP contribution in [-0.2, 0) is 22.7 Å². The lowest BCUT2D eigenvalue weighted by Gasteiger charge is -2.15. The molecule has 34 heavy (non-hydrogen) atoms. The monoisotopic (exact) mass is 465 g/mol. The molecule has 0 aliphatic carbocycles. The Labute approximate surface area is 198 Å². The van der Waals surface area contributed by atoms with Crippen LogP contribution >= 0.6 is 0 Å². The van der Waals surface area contributed by atoms with Crippen LogP contribution in [0.2, 0.25) is 0 Å². The first-order valence-electron chi connectivity index (χ1n) is 10.5. The van der Waals surface area contributed by atoms with Gasteiger partial charge in [0, 0.05) is 5.56 Å². The van der Waals surface area contributed by atoms with Crippen molar-refractivity contribution in [2.45, 2.75) is 13.2 Å². The molecule has 0 heterocycles. The Hall–Kier alpha value is -4.20. The maximum absolute atomic E-state index is 12.5. The van der Waals surface area contributed by atoms with E-state index in [1.165, 1.54) is 7.11 Å². The molecule has 0 aliphatic rings. The Morgan fingerprint density at radius 3 is 1.74 bits per heavy atom. The average molecular weight is 466 g/mol. The highest BCUT2D eigenvalue weighted by Crippen LogP contribution is 2.30. The lowest BCUT2D eigenvalue weighted by molar-refractivity contribution is -0.139. The van der Waals surface area contributed by atoms with E-state index in [1.54, 1.807) is 32.4 Å². The van der Waals surface area contributed by atoms with Crippen molar-refractivity contribution in [3.05, 3.63) is 83.4 Å². The number of carbonyl (C=O) groups excluding carboxylic acids is 2. The number of rotatable bonds is 11. The molecule has 8 heteroatoms. The van der Waals surface area contributed by atoms with Gasteiger partial charge in [-0.3, -0.25) is 9.59 Å². The summed E-state index contributed by atoms with van der Waals surface area (Å²) in [6, 6.07) is 19.9. The van der Waals surface area contributed by atoms with Crippen molar-refractivity contribution in [1.82, 2.24) is 5.32 Å². The number of amides is 1. The molecule has 0 spiro atoms. The first-order valence-corrected chi connectivity index (χ1v) is 10.5. The highest BCUT2D eigenvalue weighted by atomic mass is 16.5. The number of nitrogens with one attached hydrogen (secondary N) is 1. The Balaban J connectivity index is 1.75. The molecule has 3 rings (SSSR count). The Morgan fingerprint density at radius 2 is 1.24 bits per heavy atom. The smallest absolute Gasteiger partial charge is 0.325 e. The average Bonchev–Trinajstić information content (AvgIpc) is 2.89. The van der Waals surface area contributed by atoms with E-state index in [0.717, 1.165) is 22.6 Å². The first-order chi connectivity index (χ1) is 16.5. The third-order valence-electron chi connectivity index (χ3n) is 4.93. The Kier molecular flexibility index (Phi) is 8.73. The van der Waals surface area contributed by atoms with Gasteiger partial charge in [0.2, 0.25) is 0 Å². The van der Waals surface area contributed by atoms with Crippen LogP contribution in [-0.4, -0.2) is 39.8 Å². The van der Waals surface area contributed by atoms with Crippen molar-refractivity contribution in [3.8, 4) is 23.0 Å². The van der Waals surface area contributed by atoms with E-state index < -0.39 is 11.9 Å². The number of hydrogen-bond donors (Lipinski definition) is 1. The maximum Gasteiger partial charge on any atom is 0.325 e. The van der Waals surface area contributed by atoms with E-state index in [-0.39, 0.29) is 13.2 Å². The summed E-state index contributed by atoms with van der Waals surface area (Å²) in [4.78, 5) is 23.8. The lowest BCUT2D eigenvalue weighted by Crippen LogP contribution is -2.30. The summed E-state index contributed by atoms with van der Waals surface area (Å²) in [6.45, 7) is 0.333. The molecule has 1 amide bonds. The molecule has 0 aliphatic heterocycles. The second-order valence-electron chi connectivity index (χ2n) is 7.19. The zero-order chi connectivity index (χ0) is 24.3. The quantitative estimate of drug-likeness (QED) is 0.431. The predicted molar refractivity (Wildman–Crippen MR) is 125 cm³/mol. The molecule has 0 saturated carbocycles. The van der Waals surface area contributed by atoms with E-state index in [4.69, 9.17) is 18.9 Å². The number of benzene rings is 3. The zero-order valence-electron chi connectivity index (χ0n) is 19.3. The van der Waals surface area contributed by atoms with Crippen molar-refractivity contribution < 1.29 is 33.3 Å². The summed E-state index contributed by atoms with van der Waals surface area (Å²) >= 11 is 0. The van der Waals surface area contributed by atoms with Crippen molar-refractivity contribution in [3.63, 3.8) is 0 Å². The van der Waals surface area contributed by atoms with Gasteiger partial charge < -0.3 is 29.0 Å². The van der Waals surface area contributed by atoms with Crippen LogP contribution in [0.15, 0.2) is 66.7 Å². The number of methoxy groups -OCH3 is 3. The van der Waals surface area contributed by atoms with Crippen LogP contribution < -0.4 is 24.3 Å². The van der Waals surface area contributed by atoms with Crippen LogP contribution in [0, 0.1) is 0 Å².